The van der Waals surface area contributed by atoms with Crippen molar-refractivity contribution in [1.29, 1.82) is 0 Å². The van der Waals surface area contributed by atoms with Crippen molar-refractivity contribution in [3.63, 3.8) is 0 Å². The minimum Gasteiger partial charge on any atom is -0.446 e. The maximum atomic E-state index is 10.6. The first kappa shape index (κ1) is 10.9. The Morgan fingerprint density at radius 1 is 1.33 bits per heavy atom. The van der Waals surface area contributed by atoms with Crippen LogP contribution in [0.3, 0.4) is 0 Å². The Morgan fingerprint density at radius 2 is 2.17 bits per heavy atom. The van der Waals surface area contributed by atoms with E-state index >= 15 is 0 Å². The van der Waals surface area contributed by atoms with Crippen LogP contribution in [-0.2, 0) is 0 Å². The van der Waals surface area contributed by atoms with Crippen molar-refractivity contribution in [2.45, 2.75) is 0 Å². The molecule has 0 aliphatic rings. The number of hydrogen-bond donors (Lipinski definition) is 0. The van der Waals surface area contributed by atoms with E-state index in [4.69, 9.17) is 4.42 Å². The van der Waals surface area contributed by atoms with Gasteiger partial charge in [-0.2, -0.15) is 0 Å². The molecule has 0 unspecified atom stereocenters. The van der Waals surface area contributed by atoms with Crippen LogP contribution in [0, 0.1) is 10.1 Å². The Kier molecular flexibility index (Phi) is 2.37. The average molecular weight is 309 g/mol. The number of rotatable bonds is 2. The molecule has 0 radical (unpaired) electrons. The van der Waals surface area contributed by atoms with E-state index in [0.717, 1.165) is 0 Å². The Balaban J connectivity index is 2.13. The standard InChI is InChI=1S/C10H5BrN4O3/c11-8-3-2-7(18-8)10-12-9-4-1-6(15(16)17)5-14(9)13-10/h1-5H. The molecule has 0 bridgehead atoms. The van der Waals surface area contributed by atoms with E-state index in [-0.39, 0.29) is 5.69 Å². The number of fused-ring (bicyclic) bond motifs is 1. The maximum absolute atomic E-state index is 10.6. The van der Waals surface area contributed by atoms with Crippen molar-refractivity contribution in [3.8, 4) is 11.6 Å². The first-order valence-electron chi connectivity index (χ1n) is 4.90. The molecule has 0 aromatic carbocycles. The molecule has 0 amide bonds. The Morgan fingerprint density at radius 3 is 2.83 bits per heavy atom. The normalized spacial score (nSPS) is 10.9. The molecule has 3 rings (SSSR count). The van der Waals surface area contributed by atoms with E-state index in [0.29, 0.717) is 21.9 Å². The van der Waals surface area contributed by atoms with Crippen LogP contribution in [0.2, 0.25) is 0 Å². The molecule has 8 heteroatoms. The molecule has 0 aliphatic carbocycles. The molecule has 0 atom stereocenters. The van der Waals surface area contributed by atoms with Gasteiger partial charge in [0.2, 0.25) is 5.82 Å². The largest absolute Gasteiger partial charge is 0.446 e. The third kappa shape index (κ3) is 1.76. The molecule has 0 saturated heterocycles. The Bertz CT molecular complexity index is 749. The number of nitrogens with zero attached hydrogens (tertiary/aromatic N) is 4. The number of hydrogen-bond acceptors (Lipinski definition) is 5. The van der Waals surface area contributed by atoms with E-state index in [9.17, 15) is 10.1 Å². The lowest BCUT2D eigenvalue weighted by Gasteiger charge is -1.91. The summed E-state index contributed by atoms with van der Waals surface area (Å²) in [5, 5.41) is 14.8. The van der Waals surface area contributed by atoms with Crippen molar-refractivity contribution < 1.29 is 9.34 Å². The van der Waals surface area contributed by atoms with Gasteiger partial charge in [0.25, 0.3) is 5.69 Å². The van der Waals surface area contributed by atoms with E-state index in [1.54, 1.807) is 12.1 Å². The molecule has 7 nitrogen and oxygen atoms in total. The predicted octanol–water partition coefficient (Wildman–Crippen LogP) is 2.66. The average Bonchev–Trinajstić information content (AvgIpc) is 2.93. The Labute approximate surface area is 108 Å². The molecule has 18 heavy (non-hydrogen) atoms. The third-order valence-corrected chi connectivity index (χ3v) is 2.75. The van der Waals surface area contributed by atoms with E-state index in [2.05, 4.69) is 26.0 Å². The summed E-state index contributed by atoms with van der Waals surface area (Å²) in [4.78, 5) is 14.4. The van der Waals surface area contributed by atoms with Crippen molar-refractivity contribution in [3.05, 3.63) is 45.2 Å². The van der Waals surface area contributed by atoms with Crippen LogP contribution >= 0.6 is 15.9 Å². The molecule has 0 saturated carbocycles. The van der Waals surface area contributed by atoms with Gasteiger partial charge in [0, 0.05) is 6.07 Å². The van der Waals surface area contributed by atoms with Crippen LogP contribution in [0.15, 0.2) is 39.5 Å². The van der Waals surface area contributed by atoms with Gasteiger partial charge in [-0.1, -0.05) is 0 Å². The summed E-state index contributed by atoms with van der Waals surface area (Å²) in [5.41, 5.74) is 0.475. The molecule has 3 aromatic heterocycles. The first-order chi connectivity index (χ1) is 8.63. The minimum atomic E-state index is -0.482. The zero-order valence-electron chi connectivity index (χ0n) is 8.78. The third-order valence-electron chi connectivity index (χ3n) is 2.32. The first-order valence-corrected chi connectivity index (χ1v) is 5.69. The number of aromatic nitrogens is 3. The molecule has 90 valence electrons. The van der Waals surface area contributed by atoms with E-state index in [1.807, 2.05) is 0 Å². The van der Waals surface area contributed by atoms with Gasteiger partial charge in [-0.15, -0.1) is 5.10 Å². The second kappa shape index (κ2) is 3.91. The topological polar surface area (TPSA) is 86.5 Å². The summed E-state index contributed by atoms with van der Waals surface area (Å²) < 4.78 is 7.24. The van der Waals surface area contributed by atoms with Gasteiger partial charge in [-0.05, 0) is 34.1 Å². The second-order valence-electron chi connectivity index (χ2n) is 3.49. The van der Waals surface area contributed by atoms with Gasteiger partial charge >= 0.3 is 0 Å². The summed E-state index contributed by atoms with van der Waals surface area (Å²) in [6, 6.07) is 6.36. The van der Waals surface area contributed by atoms with Crippen LogP contribution in [0.5, 0.6) is 0 Å². The quantitative estimate of drug-likeness (QED) is 0.536. The lowest BCUT2D eigenvalue weighted by molar-refractivity contribution is -0.385. The fraction of sp³-hybridized carbons (Fsp3) is 0. The van der Waals surface area contributed by atoms with Crippen LogP contribution in [0.4, 0.5) is 5.69 Å². The van der Waals surface area contributed by atoms with Crippen LogP contribution in [-0.4, -0.2) is 19.5 Å². The van der Waals surface area contributed by atoms with Crippen LogP contribution < -0.4 is 0 Å². The monoisotopic (exact) mass is 308 g/mol. The number of furan rings is 1. The lowest BCUT2D eigenvalue weighted by Crippen LogP contribution is -1.92. The van der Waals surface area contributed by atoms with Crippen molar-refractivity contribution in [2.75, 3.05) is 0 Å². The van der Waals surface area contributed by atoms with Gasteiger partial charge < -0.3 is 4.42 Å². The predicted molar refractivity (Wildman–Crippen MR) is 65.0 cm³/mol. The fourth-order valence-electron chi connectivity index (χ4n) is 1.52. The highest BCUT2D eigenvalue weighted by Gasteiger charge is 2.13. The molecule has 0 aliphatic heterocycles. The van der Waals surface area contributed by atoms with Gasteiger partial charge in [0.1, 0.15) is 6.20 Å². The number of nitro groups is 1. The highest BCUT2D eigenvalue weighted by Crippen LogP contribution is 2.23. The summed E-state index contributed by atoms with van der Waals surface area (Å²) in [7, 11) is 0. The smallest absolute Gasteiger partial charge is 0.287 e. The minimum absolute atomic E-state index is 0.0421. The number of halogens is 1. The van der Waals surface area contributed by atoms with Gasteiger partial charge in [0.15, 0.2) is 16.1 Å². The van der Waals surface area contributed by atoms with Crippen molar-refractivity contribution in [1.82, 2.24) is 14.6 Å². The van der Waals surface area contributed by atoms with Gasteiger partial charge in [-0.3, -0.25) is 10.1 Å². The number of pyridine rings is 1. The fourth-order valence-corrected chi connectivity index (χ4v) is 1.83. The van der Waals surface area contributed by atoms with Crippen LogP contribution in [0.1, 0.15) is 0 Å². The summed E-state index contributed by atoms with van der Waals surface area (Å²) in [5.74, 6) is 0.870. The van der Waals surface area contributed by atoms with Gasteiger partial charge in [0.05, 0.1) is 4.92 Å². The molecular formula is C10H5BrN4O3. The molecule has 3 heterocycles. The maximum Gasteiger partial charge on any atom is 0.287 e. The molecular weight excluding hydrogens is 304 g/mol. The molecule has 3 aromatic rings. The van der Waals surface area contributed by atoms with E-state index in [1.165, 1.54) is 22.8 Å². The SMILES string of the molecule is O=[N+]([O-])c1ccc2nc(-c3ccc(Br)o3)nn2c1. The molecule has 0 fully saturated rings. The molecule has 0 spiro atoms. The lowest BCUT2D eigenvalue weighted by atomic mass is 10.4. The molecule has 0 N–H and O–H groups in total. The second-order valence-corrected chi connectivity index (χ2v) is 4.27. The zero-order valence-corrected chi connectivity index (χ0v) is 10.4. The summed E-state index contributed by atoms with van der Waals surface area (Å²) in [6.45, 7) is 0. The Hall–Kier alpha value is -2.22. The van der Waals surface area contributed by atoms with E-state index < -0.39 is 4.92 Å². The summed E-state index contributed by atoms with van der Waals surface area (Å²) in [6.07, 6.45) is 1.31. The van der Waals surface area contributed by atoms with Crippen LogP contribution in [0.25, 0.3) is 17.2 Å². The van der Waals surface area contributed by atoms with Crippen molar-refractivity contribution in [2.24, 2.45) is 0 Å². The highest BCUT2D eigenvalue weighted by molar-refractivity contribution is 9.10. The highest BCUT2D eigenvalue weighted by atomic mass is 79.9. The zero-order chi connectivity index (χ0) is 12.7. The summed E-state index contributed by atoms with van der Waals surface area (Å²) >= 11 is 3.19. The van der Waals surface area contributed by atoms with Gasteiger partial charge in [-0.25, -0.2) is 9.50 Å². The van der Waals surface area contributed by atoms with Crippen molar-refractivity contribution >= 4 is 27.3 Å².